The monoisotopic (exact) mass is 557 g/mol. The van der Waals surface area contributed by atoms with Crippen molar-refractivity contribution >= 4 is 54.3 Å². The number of para-hydroxylation sites is 1. The van der Waals surface area contributed by atoms with Crippen molar-refractivity contribution in [2.45, 2.75) is 0 Å². The molecule has 0 saturated carbocycles. The van der Waals surface area contributed by atoms with Crippen LogP contribution in [0.1, 0.15) is 15.1 Å². The number of furan rings is 1. The summed E-state index contributed by atoms with van der Waals surface area (Å²) in [7, 11) is 0. The highest BCUT2D eigenvalue weighted by molar-refractivity contribution is 6.21. The van der Waals surface area contributed by atoms with E-state index >= 15 is 0 Å². The zero-order valence-corrected chi connectivity index (χ0v) is 22.6. The highest BCUT2D eigenvalue weighted by Crippen LogP contribution is 2.45. The van der Waals surface area contributed by atoms with E-state index in [0.717, 1.165) is 38.2 Å². The SMILES string of the molecule is [2H]c1c([2H])c([2H])c(-c2c3ccccc3c(-c3cccc(-c4cccc5c4oc4c([2H])c6c([2H])c([2H])c([2H])c([2H])c6c([2H])c45)c3)c3ccccc23)c([2H])c1[2H]. The zero-order chi connectivity index (χ0) is 37.9. The van der Waals surface area contributed by atoms with Gasteiger partial charge < -0.3 is 4.42 Å². The Labute approximate surface area is 264 Å². The van der Waals surface area contributed by atoms with Gasteiger partial charge in [0.1, 0.15) is 11.2 Å². The second-order valence-electron chi connectivity index (χ2n) is 10.4. The predicted molar refractivity (Wildman–Crippen MR) is 183 cm³/mol. The topological polar surface area (TPSA) is 13.1 Å². The van der Waals surface area contributed by atoms with Gasteiger partial charge in [-0.3, -0.25) is 0 Å². The van der Waals surface area contributed by atoms with Gasteiger partial charge in [0.15, 0.2) is 0 Å². The summed E-state index contributed by atoms with van der Waals surface area (Å²) in [6.45, 7) is 0. The summed E-state index contributed by atoms with van der Waals surface area (Å²) in [5.74, 6) is 0. The second-order valence-corrected chi connectivity index (χ2v) is 10.4. The molecule has 1 heterocycles. The Morgan fingerprint density at radius 2 is 1.00 bits per heavy atom. The van der Waals surface area contributed by atoms with Crippen LogP contribution in [-0.4, -0.2) is 0 Å². The van der Waals surface area contributed by atoms with E-state index in [-0.39, 0.29) is 52.1 Å². The van der Waals surface area contributed by atoms with Crippen LogP contribution >= 0.6 is 0 Å². The molecule has 0 spiro atoms. The van der Waals surface area contributed by atoms with Crippen molar-refractivity contribution in [2.75, 3.05) is 0 Å². The van der Waals surface area contributed by atoms with Gasteiger partial charge in [-0.25, -0.2) is 0 Å². The van der Waals surface area contributed by atoms with Crippen molar-refractivity contribution in [2.24, 2.45) is 0 Å². The zero-order valence-electron chi connectivity index (χ0n) is 33.6. The molecule has 0 saturated heterocycles. The first-order valence-electron chi connectivity index (χ1n) is 19.4. The van der Waals surface area contributed by atoms with Crippen LogP contribution in [0.25, 0.3) is 87.6 Å². The van der Waals surface area contributed by atoms with E-state index in [1.807, 2.05) is 84.9 Å². The molecular weight excluding hydrogens is 520 g/mol. The Morgan fingerprint density at radius 1 is 0.442 bits per heavy atom. The van der Waals surface area contributed by atoms with Crippen molar-refractivity contribution in [3.05, 3.63) is 157 Å². The van der Waals surface area contributed by atoms with E-state index in [4.69, 9.17) is 19.5 Å². The fourth-order valence-corrected chi connectivity index (χ4v) is 6.22. The maximum absolute atomic E-state index is 9.10. The Balaban J connectivity index is 1.32. The Bertz CT molecular complexity index is 3040. The van der Waals surface area contributed by atoms with Crippen molar-refractivity contribution in [1.82, 2.24) is 0 Å². The van der Waals surface area contributed by atoms with Crippen molar-refractivity contribution in [1.29, 1.82) is 0 Å². The third-order valence-corrected chi connectivity index (χ3v) is 8.04. The summed E-state index contributed by atoms with van der Waals surface area (Å²) < 4.78 is 101. The van der Waals surface area contributed by atoms with E-state index in [1.54, 1.807) is 6.07 Å². The highest BCUT2D eigenvalue weighted by atomic mass is 16.3. The van der Waals surface area contributed by atoms with Crippen LogP contribution in [-0.2, 0) is 0 Å². The second kappa shape index (κ2) is 9.44. The van der Waals surface area contributed by atoms with Crippen LogP contribution in [0.3, 0.4) is 0 Å². The molecule has 9 rings (SSSR count). The van der Waals surface area contributed by atoms with E-state index in [1.165, 1.54) is 0 Å². The lowest BCUT2D eigenvalue weighted by Crippen LogP contribution is -1.91. The van der Waals surface area contributed by atoms with Crippen LogP contribution in [0.5, 0.6) is 0 Å². The minimum absolute atomic E-state index is 0.0283. The van der Waals surface area contributed by atoms with Crippen molar-refractivity contribution in [3.8, 4) is 33.4 Å². The van der Waals surface area contributed by atoms with Gasteiger partial charge in [0.05, 0.1) is 15.1 Å². The number of benzene rings is 8. The van der Waals surface area contributed by atoms with Gasteiger partial charge >= 0.3 is 0 Å². The quantitative estimate of drug-likeness (QED) is 0.197. The third kappa shape index (κ3) is 3.72. The molecule has 0 fully saturated rings. The van der Waals surface area contributed by atoms with Gasteiger partial charge in [-0.15, -0.1) is 0 Å². The maximum Gasteiger partial charge on any atom is 0.143 e. The molecule has 200 valence electrons. The van der Waals surface area contributed by atoms with Gasteiger partial charge in [0.2, 0.25) is 0 Å². The Morgan fingerprint density at radius 3 is 1.70 bits per heavy atom. The minimum atomic E-state index is -0.477. The molecule has 1 nitrogen and oxygen atoms in total. The molecule has 1 heteroatoms. The average Bonchev–Trinajstić information content (AvgIpc) is 3.59. The van der Waals surface area contributed by atoms with Gasteiger partial charge in [-0.05, 0) is 78.3 Å². The first kappa shape index (κ1) is 15.5. The molecule has 0 aliphatic carbocycles. The van der Waals surface area contributed by atoms with E-state index in [9.17, 15) is 0 Å². The minimum Gasteiger partial charge on any atom is -0.455 e. The maximum atomic E-state index is 9.10. The van der Waals surface area contributed by atoms with Crippen LogP contribution < -0.4 is 0 Å². The third-order valence-electron chi connectivity index (χ3n) is 8.04. The Kier molecular flexibility index (Phi) is 3.41. The lowest BCUT2D eigenvalue weighted by molar-refractivity contribution is 0.670. The number of hydrogen-bond donors (Lipinski definition) is 0. The standard InChI is InChI=1S/C42H26O/c1-2-12-27(13-3-1)40-33-18-6-8-20-35(33)41(36-21-9-7-19-34(36)40)31-17-10-16-30(24-31)32-22-11-23-37-38-25-28-14-4-5-15-29(28)26-39(38)43-42(32)37/h1-26H/i1D,2D,3D,4D,5D,12D,13D,14D,15D,25D,26D. The molecule has 0 aliphatic heterocycles. The normalized spacial score (nSPS) is 15.3. The van der Waals surface area contributed by atoms with E-state index < -0.39 is 36.3 Å². The predicted octanol–water partition coefficient (Wildman–Crippen LogP) is 12.0. The van der Waals surface area contributed by atoms with Crippen LogP contribution in [0, 0.1) is 0 Å². The number of rotatable bonds is 3. The molecule has 9 aromatic rings. The van der Waals surface area contributed by atoms with Crippen molar-refractivity contribution in [3.63, 3.8) is 0 Å². The first-order chi connectivity index (χ1) is 25.9. The summed E-state index contributed by atoms with van der Waals surface area (Å²) in [6.07, 6.45) is 0. The summed E-state index contributed by atoms with van der Waals surface area (Å²) in [5, 5.41) is 3.84. The molecule has 0 radical (unpaired) electrons. The molecule has 0 bridgehead atoms. The van der Waals surface area contributed by atoms with Crippen LogP contribution in [0.15, 0.2) is 162 Å². The molecule has 43 heavy (non-hydrogen) atoms. The summed E-state index contributed by atoms with van der Waals surface area (Å²) in [5.41, 5.74) is 4.33. The van der Waals surface area contributed by atoms with Gasteiger partial charge in [-0.1, -0.05) is 139 Å². The van der Waals surface area contributed by atoms with E-state index in [0.29, 0.717) is 27.5 Å². The van der Waals surface area contributed by atoms with Crippen LogP contribution in [0.4, 0.5) is 0 Å². The Hall–Kier alpha value is -5.66. The molecule has 0 N–H and O–H groups in total. The fourth-order valence-electron chi connectivity index (χ4n) is 6.22. The van der Waals surface area contributed by atoms with Crippen molar-refractivity contribution < 1.29 is 19.5 Å². The largest absolute Gasteiger partial charge is 0.455 e. The molecule has 0 aliphatic rings. The van der Waals surface area contributed by atoms with Gasteiger partial charge in [-0.2, -0.15) is 0 Å². The first-order valence-corrected chi connectivity index (χ1v) is 13.9. The summed E-state index contributed by atoms with van der Waals surface area (Å²) in [6, 6.07) is 24.8. The summed E-state index contributed by atoms with van der Waals surface area (Å²) in [4.78, 5) is 0. The molecule has 8 aromatic carbocycles. The molecule has 0 unspecified atom stereocenters. The average molecular weight is 558 g/mol. The molecule has 0 atom stereocenters. The fraction of sp³-hybridized carbons (Fsp3) is 0. The van der Waals surface area contributed by atoms with Gasteiger partial charge in [0.25, 0.3) is 0 Å². The van der Waals surface area contributed by atoms with E-state index in [2.05, 4.69) is 0 Å². The molecule has 1 aromatic heterocycles. The lowest BCUT2D eigenvalue weighted by atomic mass is 9.85. The number of fused-ring (bicyclic) bond motifs is 6. The highest BCUT2D eigenvalue weighted by Gasteiger charge is 2.18. The summed E-state index contributed by atoms with van der Waals surface area (Å²) >= 11 is 0. The lowest BCUT2D eigenvalue weighted by Gasteiger charge is -2.18. The molecular formula is C42H26O. The van der Waals surface area contributed by atoms with Gasteiger partial charge in [0, 0.05) is 16.3 Å². The molecule has 0 amide bonds. The smallest absolute Gasteiger partial charge is 0.143 e. The number of hydrogen-bond acceptors (Lipinski definition) is 1. The van der Waals surface area contributed by atoms with Crippen LogP contribution in [0.2, 0.25) is 0 Å².